The Kier molecular flexibility index (Phi) is 5.41. The molecule has 114 valence electrons. The van der Waals surface area contributed by atoms with E-state index in [2.05, 4.69) is 26.1 Å². The average molecular weight is 324 g/mol. The van der Waals surface area contributed by atoms with Crippen molar-refractivity contribution in [1.29, 1.82) is 0 Å². The van der Waals surface area contributed by atoms with Crippen LogP contribution in [-0.4, -0.2) is 12.0 Å². The molecule has 0 amide bonds. The SMILES string of the molecule is CNCc1sc(CSc2ccc(F)cc2)nc1C(C)(C)C. The van der Waals surface area contributed by atoms with Crippen molar-refractivity contribution in [2.24, 2.45) is 0 Å². The number of aromatic nitrogens is 1. The molecule has 0 fully saturated rings. The number of nitrogens with zero attached hydrogens (tertiary/aromatic N) is 1. The van der Waals surface area contributed by atoms with Crippen LogP contribution in [0.5, 0.6) is 0 Å². The van der Waals surface area contributed by atoms with Crippen LogP contribution in [0.25, 0.3) is 0 Å². The van der Waals surface area contributed by atoms with Gasteiger partial charge in [0.2, 0.25) is 0 Å². The van der Waals surface area contributed by atoms with Crippen molar-refractivity contribution in [3.05, 3.63) is 45.7 Å². The van der Waals surface area contributed by atoms with Crippen molar-refractivity contribution in [3.63, 3.8) is 0 Å². The second kappa shape index (κ2) is 6.90. The van der Waals surface area contributed by atoms with Crippen LogP contribution in [0.15, 0.2) is 29.2 Å². The smallest absolute Gasteiger partial charge is 0.123 e. The Bertz CT molecular complexity index is 585. The highest BCUT2D eigenvalue weighted by molar-refractivity contribution is 7.98. The fourth-order valence-corrected chi connectivity index (χ4v) is 4.19. The molecule has 0 aliphatic carbocycles. The van der Waals surface area contributed by atoms with Gasteiger partial charge in [-0.3, -0.25) is 0 Å². The molecule has 0 spiro atoms. The summed E-state index contributed by atoms with van der Waals surface area (Å²) in [5, 5.41) is 4.34. The molecule has 2 rings (SSSR count). The van der Waals surface area contributed by atoms with Gasteiger partial charge in [0.05, 0.1) is 11.4 Å². The molecule has 1 aromatic heterocycles. The fraction of sp³-hybridized carbons (Fsp3) is 0.438. The van der Waals surface area contributed by atoms with E-state index < -0.39 is 0 Å². The van der Waals surface area contributed by atoms with Crippen LogP contribution in [0, 0.1) is 5.82 Å². The van der Waals surface area contributed by atoms with E-state index in [4.69, 9.17) is 4.98 Å². The number of benzene rings is 1. The first-order valence-corrected chi connectivity index (χ1v) is 8.72. The summed E-state index contributed by atoms with van der Waals surface area (Å²) in [6, 6.07) is 6.62. The summed E-state index contributed by atoms with van der Waals surface area (Å²) in [7, 11) is 1.96. The first kappa shape index (κ1) is 16.5. The van der Waals surface area contributed by atoms with Crippen LogP contribution in [0.1, 0.15) is 36.3 Å². The number of hydrogen-bond acceptors (Lipinski definition) is 4. The highest BCUT2D eigenvalue weighted by Gasteiger charge is 2.22. The van der Waals surface area contributed by atoms with E-state index in [-0.39, 0.29) is 11.2 Å². The van der Waals surface area contributed by atoms with Crippen LogP contribution in [0.3, 0.4) is 0 Å². The van der Waals surface area contributed by atoms with E-state index in [0.717, 1.165) is 22.2 Å². The van der Waals surface area contributed by atoms with Crippen molar-refractivity contribution in [2.75, 3.05) is 7.05 Å². The monoisotopic (exact) mass is 324 g/mol. The van der Waals surface area contributed by atoms with Crippen LogP contribution in [0.2, 0.25) is 0 Å². The Morgan fingerprint density at radius 2 is 1.90 bits per heavy atom. The number of thiazole rings is 1. The lowest BCUT2D eigenvalue weighted by Crippen LogP contribution is -2.16. The normalized spacial score (nSPS) is 11.9. The molecule has 21 heavy (non-hydrogen) atoms. The summed E-state index contributed by atoms with van der Waals surface area (Å²) < 4.78 is 12.9. The predicted octanol–water partition coefficient (Wildman–Crippen LogP) is 4.59. The molecule has 0 atom stereocenters. The predicted molar refractivity (Wildman–Crippen MR) is 89.5 cm³/mol. The third-order valence-corrected chi connectivity index (χ3v) is 5.23. The van der Waals surface area contributed by atoms with Crippen molar-refractivity contribution in [3.8, 4) is 0 Å². The van der Waals surface area contributed by atoms with E-state index >= 15 is 0 Å². The minimum absolute atomic E-state index is 0.0570. The van der Waals surface area contributed by atoms with Gasteiger partial charge in [-0.1, -0.05) is 20.8 Å². The summed E-state index contributed by atoms with van der Waals surface area (Å²) in [4.78, 5) is 7.19. The molecule has 0 bridgehead atoms. The van der Waals surface area contributed by atoms with Crippen LogP contribution < -0.4 is 5.32 Å². The minimum Gasteiger partial charge on any atom is -0.315 e. The van der Waals surface area contributed by atoms with Gasteiger partial charge in [-0.2, -0.15) is 0 Å². The zero-order valence-electron chi connectivity index (χ0n) is 12.9. The van der Waals surface area contributed by atoms with Gasteiger partial charge in [-0.25, -0.2) is 9.37 Å². The zero-order valence-corrected chi connectivity index (χ0v) is 14.5. The summed E-state index contributed by atoms with van der Waals surface area (Å²) in [5.41, 5.74) is 1.23. The first-order valence-electron chi connectivity index (χ1n) is 6.92. The Morgan fingerprint density at radius 3 is 2.48 bits per heavy atom. The van der Waals surface area contributed by atoms with Crippen LogP contribution in [0.4, 0.5) is 4.39 Å². The third kappa shape index (κ3) is 4.53. The lowest BCUT2D eigenvalue weighted by atomic mass is 9.91. The van der Waals surface area contributed by atoms with E-state index in [9.17, 15) is 4.39 Å². The van der Waals surface area contributed by atoms with Gasteiger partial charge in [0.1, 0.15) is 10.8 Å². The lowest BCUT2D eigenvalue weighted by Gasteiger charge is -2.17. The molecule has 1 aromatic carbocycles. The van der Waals surface area contributed by atoms with Gasteiger partial charge in [0.25, 0.3) is 0 Å². The summed E-state index contributed by atoms with van der Waals surface area (Å²) in [6.45, 7) is 7.43. The van der Waals surface area contributed by atoms with Crippen molar-refractivity contribution in [1.82, 2.24) is 10.3 Å². The molecule has 1 N–H and O–H groups in total. The maximum atomic E-state index is 12.9. The van der Waals surface area contributed by atoms with Crippen LogP contribution in [-0.2, 0) is 17.7 Å². The van der Waals surface area contributed by atoms with Crippen molar-refractivity contribution in [2.45, 2.75) is 43.4 Å². The maximum absolute atomic E-state index is 12.9. The molecule has 0 radical (unpaired) electrons. The molecule has 0 saturated heterocycles. The van der Waals surface area contributed by atoms with E-state index in [0.29, 0.717) is 0 Å². The molecule has 0 aliphatic heterocycles. The highest BCUT2D eigenvalue weighted by atomic mass is 32.2. The first-order chi connectivity index (χ1) is 9.90. The van der Waals surface area contributed by atoms with Gasteiger partial charge < -0.3 is 5.32 Å². The number of nitrogens with one attached hydrogen (secondary N) is 1. The summed E-state index contributed by atoms with van der Waals surface area (Å²) in [6.07, 6.45) is 0. The quantitative estimate of drug-likeness (QED) is 0.814. The molecule has 0 unspecified atom stereocenters. The molecule has 2 nitrogen and oxygen atoms in total. The minimum atomic E-state index is -0.195. The van der Waals surface area contributed by atoms with Gasteiger partial charge in [-0.05, 0) is 31.3 Å². The fourth-order valence-electron chi connectivity index (χ4n) is 2.00. The Hall–Kier alpha value is -0.910. The topological polar surface area (TPSA) is 24.9 Å². The summed E-state index contributed by atoms with van der Waals surface area (Å²) in [5.74, 6) is 0.628. The van der Waals surface area contributed by atoms with Gasteiger partial charge in [0, 0.05) is 21.7 Å². The van der Waals surface area contributed by atoms with Crippen LogP contribution >= 0.6 is 23.1 Å². The second-order valence-electron chi connectivity index (χ2n) is 5.90. The largest absolute Gasteiger partial charge is 0.315 e. The average Bonchev–Trinajstić information content (AvgIpc) is 2.82. The van der Waals surface area contributed by atoms with Gasteiger partial charge in [-0.15, -0.1) is 23.1 Å². The van der Waals surface area contributed by atoms with Crippen molar-refractivity contribution >= 4 is 23.1 Å². The van der Waals surface area contributed by atoms with E-state index in [1.807, 2.05) is 19.2 Å². The molecular formula is C16H21FN2S2. The maximum Gasteiger partial charge on any atom is 0.123 e. The number of halogens is 1. The Morgan fingerprint density at radius 1 is 1.24 bits per heavy atom. The number of thioether (sulfide) groups is 1. The Labute approximate surface area is 134 Å². The van der Waals surface area contributed by atoms with E-state index in [1.54, 1.807) is 23.1 Å². The molecule has 0 saturated carbocycles. The molecule has 2 aromatic rings. The van der Waals surface area contributed by atoms with Crippen molar-refractivity contribution < 1.29 is 4.39 Å². The third-order valence-electron chi connectivity index (χ3n) is 2.97. The molecule has 5 heteroatoms. The Balaban J connectivity index is 2.11. The molecule has 0 aliphatic rings. The second-order valence-corrected chi connectivity index (χ2v) is 8.12. The summed E-state index contributed by atoms with van der Waals surface area (Å²) >= 11 is 3.46. The zero-order chi connectivity index (χ0) is 15.5. The molecule has 1 heterocycles. The standard InChI is InChI=1S/C16H21FN2S2/c1-16(2,3)15-13(9-18-4)21-14(19-15)10-20-12-7-5-11(17)6-8-12/h5-8,18H,9-10H2,1-4H3. The van der Waals surface area contributed by atoms with Gasteiger partial charge >= 0.3 is 0 Å². The number of hydrogen-bond donors (Lipinski definition) is 1. The molecular weight excluding hydrogens is 303 g/mol. The highest BCUT2D eigenvalue weighted by Crippen LogP contribution is 2.32. The number of rotatable bonds is 5. The lowest BCUT2D eigenvalue weighted by molar-refractivity contribution is 0.562. The van der Waals surface area contributed by atoms with E-state index in [1.165, 1.54) is 22.7 Å². The van der Waals surface area contributed by atoms with Gasteiger partial charge in [0.15, 0.2) is 0 Å².